The highest BCUT2D eigenvalue weighted by Gasteiger charge is 2.20. The van der Waals surface area contributed by atoms with Crippen LogP contribution in [0.1, 0.15) is 46.5 Å². The van der Waals surface area contributed by atoms with Crippen LogP contribution in [0.15, 0.2) is 0 Å². The predicted molar refractivity (Wildman–Crippen MR) is 71.7 cm³/mol. The third-order valence-corrected chi connectivity index (χ3v) is 3.80. The molecule has 1 rings (SSSR count). The molecule has 1 aliphatic rings. The van der Waals surface area contributed by atoms with Crippen molar-refractivity contribution in [3.8, 4) is 6.07 Å². The van der Waals surface area contributed by atoms with Crippen LogP contribution in [-0.2, 0) is 0 Å². The zero-order valence-corrected chi connectivity index (χ0v) is 11.6. The molecule has 0 aromatic rings. The molecule has 0 radical (unpaired) electrons. The van der Waals surface area contributed by atoms with Crippen LogP contribution in [0.5, 0.6) is 0 Å². The smallest absolute Gasteiger partial charge is 0.0666 e. The van der Waals surface area contributed by atoms with Gasteiger partial charge in [0.05, 0.1) is 12.0 Å². The quantitative estimate of drug-likeness (QED) is 0.771. The first-order valence-electron chi connectivity index (χ1n) is 7.04. The third kappa shape index (κ3) is 5.06. The number of hydrogen-bond donors (Lipinski definition) is 1. The van der Waals surface area contributed by atoms with Crippen LogP contribution in [0.25, 0.3) is 0 Å². The van der Waals surface area contributed by atoms with E-state index in [4.69, 9.17) is 5.26 Å². The van der Waals surface area contributed by atoms with Gasteiger partial charge in [0, 0.05) is 18.6 Å². The van der Waals surface area contributed by atoms with Gasteiger partial charge in [-0.25, -0.2) is 0 Å². The summed E-state index contributed by atoms with van der Waals surface area (Å²) in [5, 5.41) is 12.5. The lowest BCUT2D eigenvalue weighted by atomic mass is 9.97. The summed E-state index contributed by atoms with van der Waals surface area (Å²) in [5.74, 6) is 0.136. The maximum absolute atomic E-state index is 8.89. The van der Waals surface area contributed by atoms with Crippen LogP contribution in [0.4, 0.5) is 0 Å². The lowest BCUT2D eigenvalue weighted by molar-refractivity contribution is 0.176. The molecule has 1 fully saturated rings. The van der Waals surface area contributed by atoms with Gasteiger partial charge in [0.25, 0.3) is 0 Å². The molecule has 17 heavy (non-hydrogen) atoms. The van der Waals surface area contributed by atoms with Crippen molar-refractivity contribution in [2.24, 2.45) is 5.92 Å². The zero-order chi connectivity index (χ0) is 12.7. The fourth-order valence-electron chi connectivity index (χ4n) is 2.70. The average Bonchev–Trinajstić information content (AvgIpc) is 2.36. The summed E-state index contributed by atoms with van der Waals surface area (Å²) in [4.78, 5) is 2.43. The van der Waals surface area contributed by atoms with Crippen molar-refractivity contribution in [3.63, 3.8) is 0 Å². The molecule has 3 heteroatoms. The maximum Gasteiger partial charge on any atom is 0.0666 e. The van der Waals surface area contributed by atoms with Gasteiger partial charge in [0.2, 0.25) is 0 Å². The minimum absolute atomic E-state index is 0.136. The fourth-order valence-corrected chi connectivity index (χ4v) is 2.70. The first-order chi connectivity index (χ1) is 8.17. The Bertz CT molecular complexity index is 240. The second kappa shape index (κ2) is 7.68. The molecule has 1 heterocycles. The number of hydrogen-bond acceptors (Lipinski definition) is 3. The highest BCUT2D eigenvalue weighted by Crippen LogP contribution is 2.15. The van der Waals surface area contributed by atoms with Gasteiger partial charge in [-0.1, -0.05) is 13.3 Å². The van der Waals surface area contributed by atoms with Crippen molar-refractivity contribution in [2.45, 2.75) is 58.5 Å². The Morgan fingerprint density at radius 2 is 2.18 bits per heavy atom. The molecule has 3 atom stereocenters. The molecule has 98 valence electrons. The van der Waals surface area contributed by atoms with E-state index < -0.39 is 0 Å². The first kappa shape index (κ1) is 14.5. The van der Waals surface area contributed by atoms with Crippen LogP contribution < -0.4 is 5.32 Å². The van der Waals surface area contributed by atoms with Gasteiger partial charge in [0.15, 0.2) is 0 Å². The number of nitrogens with one attached hydrogen (secondary N) is 1. The van der Waals surface area contributed by atoms with Crippen LogP contribution >= 0.6 is 0 Å². The minimum atomic E-state index is 0.136. The molecule has 1 aliphatic heterocycles. The van der Waals surface area contributed by atoms with Crippen molar-refractivity contribution in [1.82, 2.24) is 10.2 Å². The molecular formula is C14H27N3. The molecule has 0 bridgehead atoms. The van der Waals surface area contributed by atoms with E-state index in [-0.39, 0.29) is 5.92 Å². The van der Waals surface area contributed by atoms with Gasteiger partial charge < -0.3 is 5.32 Å². The molecule has 0 amide bonds. The number of rotatable bonds is 6. The number of piperidine rings is 1. The Hall–Kier alpha value is -0.590. The molecule has 1 N–H and O–H groups in total. The van der Waals surface area contributed by atoms with Crippen molar-refractivity contribution < 1.29 is 0 Å². The largest absolute Gasteiger partial charge is 0.314 e. The molecule has 0 aromatic heterocycles. The fraction of sp³-hybridized carbons (Fsp3) is 0.929. The highest BCUT2D eigenvalue weighted by molar-refractivity contribution is 4.84. The lowest BCUT2D eigenvalue weighted by Crippen LogP contribution is -2.43. The monoisotopic (exact) mass is 237 g/mol. The van der Waals surface area contributed by atoms with Crippen LogP contribution in [-0.4, -0.2) is 36.6 Å². The van der Waals surface area contributed by atoms with E-state index in [9.17, 15) is 0 Å². The van der Waals surface area contributed by atoms with Crippen LogP contribution in [0.3, 0.4) is 0 Å². The molecule has 0 saturated carbocycles. The normalized spacial score (nSPS) is 24.3. The predicted octanol–water partition coefficient (Wildman–Crippen LogP) is 2.39. The van der Waals surface area contributed by atoms with Crippen LogP contribution in [0.2, 0.25) is 0 Å². The van der Waals surface area contributed by atoms with Gasteiger partial charge in [-0.05, 0) is 46.2 Å². The maximum atomic E-state index is 8.89. The first-order valence-corrected chi connectivity index (χ1v) is 7.04. The van der Waals surface area contributed by atoms with E-state index in [2.05, 4.69) is 30.1 Å². The minimum Gasteiger partial charge on any atom is -0.314 e. The van der Waals surface area contributed by atoms with E-state index in [0.29, 0.717) is 12.1 Å². The van der Waals surface area contributed by atoms with Gasteiger partial charge in [0.1, 0.15) is 0 Å². The summed E-state index contributed by atoms with van der Waals surface area (Å²) in [7, 11) is 0. The molecule has 3 unspecified atom stereocenters. The molecule has 0 aromatic carbocycles. The van der Waals surface area contributed by atoms with E-state index >= 15 is 0 Å². The molecule has 3 nitrogen and oxygen atoms in total. The standard InChI is InChI=1S/C14H27N3/c1-4-17(11-12(2)10-15)13(3)9-14-7-5-6-8-16-14/h12-14,16H,4-9,11H2,1-3H3. The van der Waals surface area contributed by atoms with Gasteiger partial charge in [-0.3, -0.25) is 4.90 Å². The van der Waals surface area contributed by atoms with Crippen molar-refractivity contribution in [2.75, 3.05) is 19.6 Å². The molecule has 1 saturated heterocycles. The third-order valence-electron chi connectivity index (χ3n) is 3.80. The van der Waals surface area contributed by atoms with E-state index in [0.717, 1.165) is 13.1 Å². The molecule has 0 aliphatic carbocycles. The van der Waals surface area contributed by atoms with Crippen molar-refractivity contribution in [3.05, 3.63) is 0 Å². The van der Waals surface area contributed by atoms with E-state index in [1.807, 2.05) is 6.92 Å². The van der Waals surface area contributed by atoms with Gasteiger partial charge in [-0.15, -0.1) is 0 Å². The van der Waals surface area contributed by atoms with E-state index in [1.165, 1.54) is 32.2 Å². The summed E-state index contributed by atoms with van der Waals surface area (Å²) in [6.07, 6.45) is 5.22. The topological polar surface area (TPSA) is 39.1 Å². The Morgan fingerprint density at radius 1 is 1.41 bits per heavy atom. The van der Waals surface area contributed by atoms with Gasteiger partial charge >= 0.3 is 0 Å². The lowest BCUT2D eigenvalue weighted by Gasteiger charge is -2.33. The summed E-state index contributed by atoms with van der Waals surface area (Å²) < 4.78 is 0. The zero-order valence-electron chi connectivity index (χ0n) is 11.6. The summed E-state index contributed by atoms with van der Waals surface area (Å²) in [6, 6.07) is 3.59. The Labute approximate surface area is 106 Å². The number of nitrogens with zero attached hydrogens (tertiary/aromatic N) is 2. The summed E-state index contributed by atoms with van der Waals surface area (Å²) in [6.45, 7) is 9.62. The van der Waals surface area contributed by atoms with Crippen molar-refractivity contribution in [1.29, 1.82) is 5.26 Å². The van der Waals surface area contributed by atoms with Crippen LogP contribution in [0, 0.1) is 17.2 Å². The van der Waals surface area contributed by atoms with E-state index in [1.54, 1.807) is 0 Å². The summed E-state index contributed by atoms with van der Waals surface area (Å²) in [5.41, 5.74) is 0. The average molecular weight is 237 g/mol. The van der Waals surface area contributed by atoms with Gasteiger partial charge in [-0.2, -0.15) is 5.26 Å². The second-order valence-corrected chi connectivity index (χ2v) is 5.35. The molecular weight excluding hydrogens is 210 g/mol. The van der Waals surface area contributed by atoms with Crippen molar-refractivity contribution >= 4 is 0 Å². The number of nitriles is 1. The molecule has 0 spiro atoms. The Balaban J connectivity index is 2.37. The highest BCUT2D eigenvalue weighted by atomic mass is 15.1. The SMILES string of the molecule is CCN(CC(C)C#N)C(C)CC1CCCCN1. The Morgan fingerprint density at radius 3 is 2.71 bits per heavy atom. The second-order valence-electron chi connectivity index (χ2n) is 5.35. The Kier molecular flexibility index (Phi) is 6.54. The summed E-state index contributed by atoms with van der Waals surface area (Å²) >= 11 is 0.